The van der Waals surface area contributed by atoms with Crippen molar-refractivity contribution in [1.82, 2.24) is 9.97 Å². The lowest BCUT2D eigenvalue weighted by atomic mass is 10.1. The molecule has 0 saturated heterocycles. The van der Waals surface area contributed by atoms with Gasteiger partial charge in [0.05, 0.1) is 12.2 Å². The van der Waals surface area contributed by atoms with Crippen LogP contribution in [0.25, 0.3) is 10.8 Å². The number of nitrogens with one attached hydrogen (secondary N) is 1. The summed E-state index contributed by atoms with van der Waals surface area (Å²) < 4.78 is 0. The molecule has 0 amide bonds. The Balaban J connectivity index is 1.89. The number of fused-ring (bicyclic) bond motifs is 1. The number of aromatic nitrogens is 2. The molecule has 21 heavy (non-hydrogen) atoms. The van der Waals surface area contributed by atoms with Crippen LogP contribution in [0.2, 0.25) is 0 Å². The minimum Gasteiger partial charge on any atom is -0.478 e. The minimum atomic E-state index is -1.02. The number of anilines is 1. The standard InChI is InChI=1S/C16H13N3O2/c20-16(21)13-8-17-10-19-15(13)9-18-14-7-3-5-11-4-1-2-6-12(11)14/h1-8,10,18H,9H2,(H,20,21). The first-order valence-corrected chi connectivity index (χ1v) is 6.49. The molecule has 0 saturated carbocycles. The van der Waals surface area contributed by atoms with E-state index in [0.29, 0.717) is 12.2 Å². The van der Waals surface area contributed by atoms with Gasteiger partial charge in [-0.15, -0.1) is 0 Å². The van der Waals surface area contributed by atoms with Gasteiger partial charge in [-0.2, -0.15) is 0 Å². The van der Waals surface area contributed by atoms with Gasteiger partial charge in [-0.05, 0) is 11.5 Å². The van der Waals surface area contributed by atoms with Gasteiger partial charge in [0, 0.05) is 17.3 Å². The molecule has 104 valence electrons. The molecule has 3 aromatic rings. The monoisotopic (exact) mass is 279 g/mol. The molecule has 0 atom stereocenters. The van der Waals surface area contributed by atoms with Crippen LogP contribution in [0, 0.1) is 0 Å². The van der Waals surface area contributed by atoms with Gasteiger partial charge in [0.1, 0.15) is 11.9 Å². The van der Waals surface area contributed by atoms with Gasteiger partial charge in [-0.3, -0.25) is 0 Å². The minimum absolute atomic E-state index is 0.116. The van der Waals surface area contributed by atoms with Crippen molar-refractivity contribution in [3.8, 4) is 0 Å². The molecule has 2 N–H and O–H groups in total. The summed E-state index contributed by atoms with van der Waals surface area (Å²) in [7, 11) is 0. The van der Waals surface area contributed by atoms with Crippen molar-refractivity contribution < 1.29 is 9.90 Å². The third kappa shape index (κ3) is 2.67. The van der Waals surface area contributed by atoms with Crippen LogP contribution in [0.3, 0.4) is 0 Å². The highest BCUT2D eigenvalue weighted by atomic mass is 16.4. The largest absolute Gasteiger partial charge is 0.478 e. The average molecular weight is 279 g/mol. The van der Waals surface area contributed by atoms with Gasteiger partial charge in [-0.25, -0.2) is 14.8 Å². The van der Waals surface area contributed by atoms with E-state index in [0.717, 1.165) is 16.5 Å². The smallest absolute Gasteiger partial charge is 0.339 e. The topological polar surface area (TPSA) is 75.1 Å². The van der Waals surface area contributed by atoms with E-state index in [2.05, 4.69) is 15.3 Å². The first-order chi connectivity index (χ1) is 10.3. The van der Waals surface area contributed by atoms with E-state index < -0.39 is 5.97 Å². The fraction of sp³-hybridized carbons (Fsp3) is 0.0625. The van der Waals surface area contributed by atoms with Gasteiger partial charge in [0.25, 0.3) is 0 Å². The number of hydrogen-bond acceptors (Lipinski definition) is 4. The van der Waals surface area contributed by atoms with Crippen molar-refractivity contribution in [2.24, 2.45) is 0 Å². The van der Waals surface area contributed by atoms with Gasteiger partial charge in [0.15, 0.2) is 0 Å². The van der Waals surface area contributed by atoms with E-state index in [1.807, 2.05) is 42.5 Å². The molecule has 1 aromatic heterocycles. The summed E-state index contributed by atoms with van der Waals surface area (Å²) in [5, 5.41) is 14.6. The summed E-state index contributed by atoms with van der Waals surface area (Å²) >= 11 is 0. The lowest BCUT2D eigenvalue weighted by molar-refractivity contribution is 0.0694. The van der Waals surface area contributed by atoms with E-state index >= 15 is 0 Å². The maximum Gasteiger partial charge on any atom is 0.339 e. The van der Waals surface area contributed by atoms with Crippen molar-refractivity contribution in [3.05, 3.63) is 66.2 Å². The summed E-state index contributed by atoms with van der Waals surface area (Å²) in [6, 6.07) is 14.0. The quantitative estimate of drug-likeness (QED) is 0.768. The SMILES string of the molecule is O=C(O)c1cncnc1CNc1cccc2ccccc12. The number of nitrogens with zero attached hydrogens (tertiary/aromatic N) is 2. The number of carbonyl (C=O) groups is 1. The summed E-state index contributed by atoms with van der Waals surface area (Å²) in [6.07, 6.45) is 2.67. The number of carboxylic acids is 1. The number of benzene rings is 2. The second kappa shape index (κ2) is 5.58. The molecule has 0 spiro atoms. The van der Waals surface area contributed by atoms with Gasteiger partial charge in [0.2, 0.25) is 0 Å². The zero-order valence-electron chi connectivity index (χ0n) is 11.2. The Kier molecular flexibility index (Phi) is 3.47. The lowest BCUT2D eigenvalue weighted by Crippen LogP contribution is -2.10. The Hall–Kier alpha value is -2.95. The Bertz CT molecular complexity index is 797. The molecule has 0 unspecified atom stereocenters. The molecule has 0 aliphatic carbocycles. The number of rotatable bonds is 4. The maximum atomic E-state index is 11.1. The maximum absolute atomic E-state index is 11.1. The first-order valence-electron chi connectivity index (χ1n) is 6.49. The van der Waals surface area contributed by atoms with Crippen LogP contribution < -0.4 is 5.32 Å². The van der Waals surface area contributed by atoms with Crippen LogP contribution in [-0.2, 0) is 6.54 Å². The van der Waals surface area contributed by atoms with Crippen molar-refractivity contribution in [3.63, 3.8) is 0 Å². The highest BCUT2D eigenvalue weighted by molar-refractivity contribution is 5.94. The first kappa shape index (κ1) is 13.1. The Morgan fingerprint density at radius 3 is 2.81 bits per heavy atom. The van der Waals surface area contributed by atoms with Crippen molar-refractivity contribution >= 4 is 22.4 Å². The number of aromatic carboxylic acids is 1. The number of hydrogen-bond donors (Lipinski definition) is 2. The summed E-state index contributed by atoms with van der Waals surface area (Å²) in [5.74, 6) is -1.02. The normalized spacial score (nSPS) is 10.5. The molecular weight excluding hydrogens is 266 g/mol. The summed E-state index contributed by atoms with van der Waals surface area (Å²) in [5.41, 5.74) is 1.53. The third-order valence-corrected chi connectivity index (χ3v) is 3.26. The van der Waals surface area contributed by atoms with E-state index in [-0.39, 0.29) is 5.56 Å². The van der Waals surface area contributed by atoms with Gasteiger partial charge >= 0.3 is 5.97 Å². The van der Waals surface area contributed by atoms with Crippen LogP contribution >= 0.6 is 0 Å². The molecule has 0 aliphatic rings. The molecule has 0 fully saturated rings. The fourth-order valence-corrected chi connectivity index (χ4v) is 2.23. The van der Waals surface area contributed by atoms with E-state index in [9.17, 15) is 4.79 Å². The zero-order valence-corrected chi connectivity index (χ0v) is 11.2. The molecule has 0 aliphatic heterocycles. The van der Waals surface area contributed by atoms with Crippen molar-refractivity contribution in [1.29, 1.82) is 0 Å². The summed E-state index contributed by atoms with van der Waals surface area (Å²) in [4.78, 5) is 18.9. The molecule has 0 radical (unpaired) electrons. The Morgan fingerprint density at radius 2 is 1.95 bits per heavy atom. The van der Waals surface area contributed by atoms with Crippen LogP contribution in [-0.4, -0.2) is 21.0 Å². The van der Waals surface area contributed by atoms with Crippen LogP contribution in [0.15, 0.2) is 55.0 Å². The molecule has 5 heteroatoms. The average Bonchev–Trinajstić information content (AvgIpc) is 2.53. The molecule has 2 aromatic carbocycles. The van der Waals surface area contributed by atoms with Gasteiger partial charge in [-0.1, -0.05) is 36.4 Å². The van der Waals surface area contributed by atoms with E-state index in [4.69, 9.17) is 5.11 Å². The van der Waals surface area contributed by atoms with Gasteiger partial charge < -0.3 is 10.4 Å². The second-order valence-corrected chi connectivity index (χ2v) is 4.57. The Labute approximate surface area is 121 Å². The lowest BCUT2D eigenvalue weighted by Gasteiger charge is -2.10. The van der Waals surface area contributed by atoms with Crippen molar-refractivity contribution in [2.45, 2.75) is 6.54 Å². The highest BCUT2D eigenvalue weighted by Crippen LogP contribution is 2.23. The predicted octanol–water partition coefficient (Wildman–Crippen LogP) is 2.94. The summed E-state index contributed by atoms with van der Waals surface area (Å²) in [6.45, 7) is 0.332. The number of carboxylic acid groups (broad SMARTS) is 1. The third-order valence-electron chi connectivity index (χ3n) is 3.26. The highest BCUT2D eigenvalue weighted by Gasteiger charge is 2.11. The van der Waals surface area contributed by atoms with Crippen molar-refractivity contribution in [2.75, 3.05) is 5.32 Å². The van der Waals surface area contributed by atoms with Crippen LogP contribution in [0.5, 0.6) is 0 Å². The molecule has 5 nitrogen and oxygen atoms in total. The van der Waals surface area contributed by atoms with Crippen LogP contribution in [0.1, 0.15) is 16.1 Å². The Morgan fingerprint density at radius 1 is 1.14 bits per heavy atom. The second-order valence-electron chi connectivity index (χ2n) is 4.57. The van der Waals surface area contributed by atoms with E-state index in [1.54, 1.807) is 0 Å². The van der Waals surface area contributed by atoms with E-state index in [1.165, 1.54) is 12.5 Å². The molecule has 1 heterocycles. The molecule has 3 rings (SSSR count). The van der Waals surface area contributed by atoms with Crippen LogP contribution in [0.4, 0.5) is 5.69 Å². The molecular formula is C16H13N3O2. The molecule has 0 bridgehead atoms. The fourth-order valence-electron chi connectivity index (χ4n) is 2.23. The zero-order chi connectivity index (χ0) is 14.7. The predicted molar refractivity (Wildman–Crippen MR) is 80.3 cm³/mol.